The fourth-order valence-corrected chi connectivity index (χ4v) is 12.8. The van der Waals surface area contributed by atoms with Gasteiger partial charge in [-0.05, 0) is 149 Å². The largest absolute Gasteiger partial charge is 0.506 e. The number of aryl methyl sites for hydroxylation is 3. The highest BCUT2D eigenvalue weighted by molar-refractivity contribution is 5.85. The molecule has 24 heteroatoms. The predicted molar refractivity (Wildman–Crippen MR) is 348 cm³/mol. The van der Waals surface area contributed by atoms with Crippen LogP contribution < -0.4 is 25.3 Å². The Labute approximate surface area is 525 Å². The molecule has 15 rings (SSSR count). The molecular weight excluding hydrogens is 1150 g/mol. The second kappa shape index (κ2) is 25.3. The molecule has 0 aliphatic carbocycles. The van der Waals surface area contributed by atoms with Gasteiger partial charge in [-0.2, -0.15) is 10.2 Å². The highest BCUT2D eigenvalue weighted by Gasteiger charge is 2.43. The molecule has 2 unspecified atom stereocenters. The molecule has 4 fully saturated rings. The van der Waals surface area contributed by atoms with Gasteiger partial charge >= 0.3 is 0 Å². The summed E-state index contributed by atoms with van der Waals surface area (Å²) in [5.74, 6) is 4.21. The molecule has 466 valence electrons. The number of benzene rings is 1. The number of rotatable bonds is 11. The first-order valence-corrected chi connectivity index (χ1v) is 31.0. The number of imidazole rings is 1. The van der Waals surface area contributed by atoms with E-state index in [1.807, 2.05) is 85.2 Å². The summed E-state index contributed by atoms with van der Waals surface area (Å²) in [4.78, 5) is 24.5. The maximum absolute atomic E-state index is 14.4. The van der Waals surface area contributed by atoms with Crippen LogP contribution in [0.2, 0.25) is 0 Å². The van der Waals surface area contributed by atoms with E-state index in [0.717, 1.165) is 109 Å². The highest BCUT2D eigenvalue weighted by Crippen LogP contribution is 2.37. The number of hydrogen-bond donors (Lipinski definition) is 6. The number of aromatic nitrogens is 15. The molecule has 0 radical (unpaired) electrons. The summed E-state index contributed by atoms with van der Waals surface area (Å²) < 4.78 is 18.0. The lowest BCUT2D eigenvalue weighted by Crippen LogP contribution is -2.58. The van der Waals surface area contributed by atoms with Crippen molar-refractivity contribution >= 4 is 39.7 Å². The second-order valence-corrected chi connectivity index (χ2v) is 24.9. The van der Waals surface area contributed by atoms with Gasteiger partial charge in [-0.3, -0.25) is 9.78 Å². The van der Waals surface area contributed by atoms with Crippen LogP contribution >= 0.6 is 0 Å². The van der Waals surface area contributed by atoms with Crippen LogP contribution in [0.4, 0.5) is 27.5 Å². The molecule has 0 bridgehead atoms. The normalized spacial score (nSPS) is 18.8. The van der Waals surface area contributed by atoms with Gasteiger partial charge in [0.15, 0.2) is 23.3 Å². The van der Waals surface area contributed by atoms with Gasteiger partial charge in [0.2, 0.25) is 0 Å². The van der Waals surface area contributed by atoms with Crippen molar-refractivity contribution in [1.29, 1.82) is 0 Å². The number of aromatic hydroxyl groups is 3. The molecular formula is C67H73FN20O3. The van der Waals surface area contributed by atoms with Crippen LogP contribution in [0.5, 0.6) is 17.2 Å². The summed E-state index contributed by atoms with van der Waals surface area (Å²) in [7, 11) is 1.75. The topological polar surface area (TPSA) is 274 Å². The molecule has 14 heterocycles. The van der Waals surface area contributed by atoms with Crippen molar-refractivity contribution in [3.63, 3.8) is 0 Å². The molecule has 1 aromatic carbocycles. The van der Waals surface area contributed by atoms with E-state index in [9.17, 15) is 19.7 Å². The lowest BCUT2D eigenvalue weighted by atomic mass is 9.87. The Kier molecular flexibility index (Phi) is 16.6. The molecule has 91 heavy (non-hydrogen) atoms. The summed E-state index contributed by atoms with van der Waals surface area (Å²) in [6, 6.07) is 23.5. The van der Waals surface area contributed by atoms with E-state index in [4.69, 9.17) is 0 Å². The number of anilines is 4. The van der Waals surface area contributed by atoms with Gasteiger partial charge in [-0.1, -0.05) is 20.8 Å². The van der Waals surface area contributed by atoms with E-state index in [1.54, 1.807) is 60.9 Å². The van der Waals surface area contributed by atoms with Gasteiger partial charge in [-0.25, -0.2) is 24.3 Å². The van der Waals surface area contributed by atoms with Crippen LogP contribution in [0.3, 0.4) is 0 Å². The second-order valence-electron chi connectivity index (χ2n) is 24.9. The quantitative estimate of drug-likeness (QED) is 0.0702. The monoisotopic (exact) mass is 1220 g/mol. The van der Waals surface area contributed by atoms with Crippen LogP contribution in [-0.2, 0) is 13.6 Å². The van der Waals surface area contributed by atoms with E-state index in [0.29, 0.717) is 80.5 Å². The molecule has 0 amide bonds. The minimum Gasteiger partial charge on any atom is -0.506 e. The number of fused-ring (bicyclic) bond motifs is 2. The Morgan fingerprint density at radius 3 is 1.81 bits per heavy atom. The lowest BCUT2D eigenvalue weighted by molar-refractivity contribution is 0.235. The van der Waals surface area contributed by atoms with Crippen molar-refractivity contribution in [2.24, 2.45) is 24.8 Å². The zero-order valence-electron chi connectivity index (χ0n) is 51.8. The maximum atomic E-state index is 14.4. The highest BCUT2D eigenvalue weighted by atomic mass is 19.1. The van der Waals surface area contributed by atoms with E-state index in [1.165, 1.54) is 31.7 Å². The number of nitrogens with zero attached hydrogens (tertiary/aromatic N) is 17. The molecule has 23 nitrogen and oxygen atoms in total. The Bertz CT molecular complexity index is 4370. The maximum Gasteiger partial charge on any atom is 0.151 e. The Hall–Kier alpha value is -10.2. The van der Waals surface area contributed by atoms with Crippen molar-refractivity contribution in [2.75, 3.05) is 65.8 Å². The SMILES string of the molecule is C[C@H]1C[C@H](C)CN(c2ccc(-c3ncc(-c4cc(F)c5nn(C)cc5c4)cc3O)nn2)C1.Cc1[nH]ncc1CNc1cnc(-c2ccc(N3CCCC(C)C3)nn2)c(O)c1.Cc1cn2cc(-c3cnc(-c4ccc(N5CCC6(CCN6)C5)nn4)c(O)c3)ccc2n1. The van der Waals surface area contributed by atoms with E-state index in [-0.39, 0.29) is 22.8 Å². The zero-order valence-corrected chi connectivity index (χ0v) is 51.8. The summed E-state index contributed by atoms with van der Waals surface area (Å²) in [6.45, 7) is 18.3. The van der Waals surface area contributed by atoms with Crippen LogP contribution in [0.25, 0.3) is 73.0 Å². The lowest BCUT2D eigenvalue weighted by Gasteiger charge is -2.39. The van der Waals surface area contributed by atoms with Gasteiger partial charge in [0, 0.05) is 129 Å². The van der Waals surface area contributed by atoms with Crippen LogP contribution in [0.1, 0.15) is 69.8 Å². The number of halogens is 1. The van der Waals surface area contributed by atoms with E-state index >= 15 is 0 Å². The minimum absolute atomic E-state index is 0.0311. The van der Waals surface area contributed by atoms with Gasteiger partial charge in [-0.15, -0.1) is 30.6 Å². The smallest absolute Gasteiger partial charge is 0.151 e. The fraction of sp³-hybridized carbons (Fsp3) is 0.343. The summed E-state index contributed by atoms with van der Waals surface area (Å²) >= 11 is 0. The van der Waals surface area contributed by atoms with Crippen molar-refractivity contribution < 1.29 is 19.7 Å². The molecule has 4 aliphatic heterocycles. The zero-order chi connectivity index (χ0) is 62.9. The third-order valence-corrected chi connectivity index (χ3v) is 17.6. The Morgan fingerprint density at radius 1 is 0.626 bits per heavy atom. The van der Waals surface area contributed by atoms with E-state index in [2.05, 4.69) is 112 Å². The number of H-pyrrole nitrogens is 1. The van der Waals surface area contributed by atoms with Gasteiger partial charge < -0.3 is 45.1 Å². The number of nitrogens with one attached hydrogen (secondary N) is 3. The van der Waals surface area contributed by atoms with Gasteiger partial charge in [0.1, 0.15) is 62.6 Å². The molecule has 6 N–H and O–H groups in total. The summed E-state index contributed by atoms with van der Waals surface area (Å²) in [6.07, 6.45) is 18.6. The average Bonchev–Trinajstić information content (AvgIpc) is 2.06. The van der Waals surface area contributed by atoms with Gasteiger partial charge in [0.25, 0.3) is 0 Å². The number of aromatic amines is 1. The first-order valence-electron chi connectivity index (χ1n) is 31.0. The summed E-state index contributed by atoms with van der Waals surface area (Å²) in [5, 5.41) is 76.3. The average molecular weight is 1230 g/mol. The number of hydrogen-bond acceptors (Lipinski definition) is 20. The van der Waals surface area contributed by atoms with Crippen molar-refractivity contribution in [1.82, 2.24) is 80.2 Å². The molecule has 1 spiro atoms. The van der Waals surface area contributed by atoms with Crippen LogP contribution in [-0.4, -0.2) is 142 Å². The van der Waals surface area contributed by atoms with Crippen molar-refractivity contribution in [2.45, 2.75) is 78.8 Å². The van der Waals surface area contributed by atoms with E-state index < -0.39 is 5.82 Å². The molecule has 11 aromatic rings. The van der Waals surface area contributed by atoms with Crippen LogP contribution in [0, 0.1) is 37.4 Å². The third kappa shape index (κ3) is 13.1. The minimum atomic E-state index is -0.413. The fourth-order valence-electron chi connectivity index (χ4n) is 12.8. The molecule has 4 saturated heterocycles. The van der Waals surface area contributed by atoms with Crippen LogP contribution in [0.15, 0.2) is 122 Å². The predicted octanol–water partition coefficient (Wildman–Crippen LogP) is 10.4. The van der Waals surface area contributed by atoms with Crippen molar-refractivity contribution in [3.05, 3.63) is 145 Å². The molecule has 4 atom stereocenters. The van der Waals surface area contributed by atoms with Crippen molar-refractivity contribution in [3.8, 4) is 73.7 Å². The molecule has 0 saturated carbocycles. The number of pyridine rings is 4. The summed E-state index contributed by atoms with van der Waals surface area (Å²) in [5.41, 5.74) is 11.1. The van der Waals surface area contributed by atoms with Gasteiger partial charge in [0.05, 0.1) is 23.8 Å². The standard InChI is InChI=1S/C24H25FN6O.C23H23N7O.C20H25N7O/c1-14-6-15(2)12-31(11-14)22-5-4-20(27-28-22)24-21(32)9-17(10-26-24)16-7-18-13-30(3)29-23(18)19(25)8-16;1-15-12-30-13-16(2-4-20(30)26-15)17-10-19(31)22(24-11-17)18-3-5-21(28-27-18)29-9-7-23(14-29)6-8-25-23;1-13-4-3-7-27(12-13)19-6-5-17(25-26-19)20-18(28)8-16(11-22-20)21-9-15-10-23-24-14(15)2/h4-5,7-10,13-15,32H,6,11-12H2,1-3H3;2-5,10-13,25,31H,6-9,14H2,1H3;5-6,8,10-11,13,21,28H,3-4,7,9,12H2,1-2H3,(H,23,24)/t14-,15-;;/m0../s1. The molecule has 4 aliphatic rings. The number of piperidine rings is 2. The first-order chi connectivity index (χ1) is 44.0. The third-order valence-electron chi connectivity index (χ3n) is 17.6. The first kappa shape index (κ1) is 59.7. The molecule has 10 aromatic heterocycles. The Morgan fingerprint density at radius 2 is 1.24 bits per heavy atom. The Balaban J connectivity index is 0.000000125.